The largest absolute Gasteiger partial charge is 0.361 e. The second-order valence-corrected chi connectivity index (χ2v) is 6.40. The van der Waals surface area contributed by atoms with Crippen LogP contribution >= 0.6 is 24.0 Å². The van der Waals surface area contributed by atoms with E-state index in [1.165, 1.54) is 0 Å². The molecular formula is C21H29IN6O. The van der Waals surface area contributed by atoms with Gasteiger partial charge in [0.25, 0.3) is 0 Å². The molecule has 3 N–H and O–H groups in total. The highest BCUT2D eigenvalue weighted by Crippen LogP contribution is 2.17. The summed E-state index contributed by atoms with van der Waals surface area (Å²) in [6, 6.07) is 10.2. The number of aliphatic imine (C=N–C) groups is 1. The number of benzene rings is 1. The van der Waals surface area contributed by atoms with Crippen molar-refractivity contribution in [2.45, 2.75) is 46.7 Å². The van der Waals surface area contributed by atoms with Gasteiger partial charge >= 0.3 is 0 Å². The molecule has 0 spiro atoms. The van der Waals surface area contributed by atoms with E-state index in [1.807, 2.05) is 31.3 Å². The molecule has 0 aliphatic heterocycles. The lowest BCUT2D eigenvalue weighted by Gasteiger charge is -2.10. The van der Waals surface area contributed by atoms with Crippen molar-refractivity contribution < 1.29 is 4.52 Å². The molecule has 2 heterocycles. The Labute approximate surface area is 188 Å². The number of guanidine groups is 1. The predicted molar refractivity (Wildman–Crippen MR) is 126 cm³/mol. The van der Waals surface area contributed by atoms with Gasteiger partial charge in [-0.05, 0) is 18.9 Å². The zero-order valence-corrected chi connectivity index (χ0v) is 19.5. The number of aromatic nitrogens is 3. The number of hydrogen-bond donors (Lipinski definition) is 3. The van der Waals surface area contributed by atoms with Gasteiger partial charge in [-0.3, -0.25) is 0 Å². The fraction of sp³-hybridized carbons (Fsp3) is 0.381. The molecule has 8 heteroatoms. The average molecular weight is 508 g/mol. The summed E-state index contributed by atoms with van der Waals surface area (Å²) in [4.78, 5) is 12.5. The molecule has 0 amide bonds. The Balaban J connectivity index is 0.00000300. The van der Waals surface area contributed by atoms with E-state index in [4.69, 9.17) is 9.52 Å². The van der Waals surface area contributed by atoms with Gasteiger partial charge < -0.3 is 20.1 Å². The molecule has 0 unspecified atom stereocenters. The van der Waals surface area contributed by atoms with E-state index in [0.29, 0.717) is 13.1 Å². The number of aromatic amines is 1. The van der Waals surface area contributed by atoms with Gasteiger partial charge in [-0.25, -0.2) is 9.98 Å². The van der Waals surface area contributed by atoms with Crippen LogP contribution in [0.1, 0.15) is 43.6 Å². The van der Waals surface area contributed by atoms with Gasteiger partial charge in [0.1, 0.15) is 11.6 Å². The van der Waals surface area contributed by atoms with Crippen LogP contribution in [0.5, 0.6) is 0 Å². The second kappa shape index (κ2) is 11.6. The van der Waals surface area contributed by atoms with Crippen LogP contribution in [-0.2, 0) is 25.9 Å². The summed E-state index contributed by atoms with van der Waals surface area (Å²) in [6.45, 7) is 8.07. The Morgan fingerprint density at radius 2 is 1.90 bits per heavy atom. The third-order valence-corrected chi connectivity index (χ3v) is 4.48. The normalized spacial score (nSPS) is 11.2. The molecule has 7 nitrogen and oxygen atoms in total. The van der Waals surface area contributed by atoms with Gasteiger partial charge in [0.05, 0.1) is 30.7 Å². The smallest absolute Gasteiger partial charge is 0.191 e. The minimum Gasteiger partial charge on any atom is -0.361 e. The highest BCUT2D eigenvalue weighted by atomic mass is 127. The van der Waals surface area contributed by atoms with Crippen LogP contribution < -0.4 is 10.6 Å². The first kappa shape index (κ1) is 22.9. The number of halogens is 1. The van der Waals surface area contributed by atoms with Crippen LogP contribution in [0.25, 0.3) is 11.3 Å². The van der Waals surface area contributed by atoms with Crippen LogP contribution in [0.3, 0.4) is 0 Å². The van der Waals surface area contributed by atoms with Gasteiger partial charge in [0, 0.05) is 18.5 Å². The van der Waals surface area contributed by atoms with Crippen molar-refractivity contribution in [1.29, 1.82) is 0 Å². The zero-order chi connectivity index (χ0) is 19.8. The highest BCUT2D eigenvalue weighted by molar-refractivity contribution is 14.0. The maximum absolute atomic E-state index is 5.43. The molecule has 0 fully saturated rings. The third kappa shape index (κ3) is 6.06. The molecule has 0 aliphatic rings. The van der Waals surface area contributed by atoms with Gasteiger partial charge in [0.2, 0.25) is 0 Å². The van der Waals surface area contributed by atoms with Crippen molar-refractivity contribution >= 4 is 29.9 Å². The van der Waals surface area contributed by atoms with Crippen LogP contribution in [-0.4, -0.2) is 27.6 Å². The standard InChI is InChI=1S/C21H28N6O.HI/c1-4-17-16(19(5-2)28-27-17)12-24-21(22-6-3)25-14-20-23-13-18(26-20)15-10-8-7-9-11-15;/h7-11,13H,4-6,12,14H2,1-3H3,(H,23,26)(H2,22,24,25);1H. The van der Waals surface area contributed by atoms with Crippen molar-refractivity contribution in [2.24, 2.45) is 4.99 Å². The first-order chi connectivity index (χ1) is 13.7. The van der Waals surface area contributed by atoms with Crippen molar-refractivity contribution in [3.05, 3.63) is 59.4 Å². The minimum absolute atomic E-state index is 0. The average Bonchev–Trinajstić information content (AvgIpc) is 3.37. The molecule has 0 aliphatic carbocycles. The summed E-state index contributed by atoms with van der Waals surface area (Å²) >= 11 is 0. The van der Waals surface area contributed by atoms with E-state index in [-0.39, 0.29) is 24.0 Å². The van der Waals surface area contributed by atoms with Gasteiger partial charge in [-0.2, -0.15) is 0 Å². The Bertz CT molecular complexity index is 882. The third-order valence-electron chi connectivity index (χ3n) is 4.48. The molecule has 2 aromatic heterocycles. The number of hydrogen-bond acceptors (Lipinski definition) is 4. The first-order valence-electron chi connectivity index (χ1n) is 9.82. The van der Waals surface area contributed by atoms with Crippen LogP contribution in [0, 0.1) is 0 Å². The monoisotopic (exact) mass is 508 g/mol. The second-order valence-electron chi connectivity index (χ2n) is 6.40. The van der Waals surface area contributed by atoms with Crippen LogP contribution in [0.2, 0.25) is 0 Å². The Morgan fingerprint density at radius 1 is 1.10 bits per heavy atom. The maximum Gasteiger partial charge on any atom is 0.191 e. The summed E-state index contributed by atoms with van der Waals surface area (Å²) in [7, 11) is 0. The quantitative estimate of drug-likeness (QED) is 0.243. The molecule has 0 bridgehead atoms. The van der Waals surface area contributed by atoms with E-state index in [2.05, 4.69) is 51.7 Å². The summed E-state index contributed by atoms with van der Waals surface area (Å²) in [5.74, 6) is 2.51. The Kier molecular flexibility index (Phi) is 9.17. The molecule has 0 saturated heterocycles. The fourth-order valence-electron chi connectivity index (χ4n) is 3.00. The Hall–Kier alpha value is -2.36. The molecule has 29 heavy (non-hydrogen) atoms. The molecule has 1 aromatic carbocycles. The molecule has 0 saturated carbocycles. The van der Waals surface area contributed by atoms with Crippen molar-refractivity contribution in [3.8, 4) is 11.3 Å². The first-order valence-corrected chi connectivity index (χ1v) is 9.82. The van der Waals surface area contributed by atoms with E-state index in [1.54, 1.807) is 0 Å². The van der Waals surface area contributed by atoms with E-state index in [0.717, 1.165) is 59.4 Å². The maximum atomic E-state index is 5.43. The summed E-state index contributed by atoms with van der Waals surface area (Å²) in [5.41, 5.74) is 4.19. The van der Waals surface area contributed by atoms with Crippen LogP contribution in [0.4, 0.5) is 0 Å². The number of H-pyrrole nitrogens is 1. The highest BCUT2D eigenvalue weighted by Gasteiger charge is 2.13. The number of imidazole rings is 1. The number of aryl methyl sites for hydroxylation is 2. The SMILES string of the molecule is CCNC(=NCc1c(CC)noc1CC)NCc1ncc(-c2ccccc2)[nH]1.I. The Morgan fingerprint density at radius 3 is 2.59 bits per heavy atom. The fourth-order valence-corrected chi connectivity index (χ4v) is 3.00. The van der Waals surface area contributed by atoms with E-state index >= 15 is 0 Å². The lowest BCUT2D eigenvalue weighted by atomic mass is 10.1. The summed E-state index contributed by atoms with van der Waals surface area (Å²) in [5, 5.41) is 10.8. The lowest BCUT2D eigenvalue weighted by Crippen LogP contribution is -2.37. The number of nitrogens with one attached hydrogen (secondary N) is 3. The zero-order valence-electron chi connectivity index (χ0n) is 17.2. The van der Waals surface area contributed by atoms with Crippen LogP contribution in [0.15, 0.2) is 46.0 Å². The van der Waals surface area contributed by atoms with Gasteiger partial charge in [0.15, 0.2) is 5.96 Å². The molecule has 3 rings (SSSR count). The minimum atomic E-state index is 0. The molecule has 156 valence electrons. The van der Waals surface area contributed by atoms with Crippen molar-refractivity contribution in [2.75, 3.05) is 6.54 Å². The van der Waals surface area contributed by atoms with E-state index in [9.17, 15) is 0 Å². The van der Waals surface area contributed by atoms with E-state index < -0.39 is 0 Å². The van der Waals surface area contributed by atoms with Crippen molar-refractivity contribution in [3.63, 3.8) is 0 Å². The molecule has 0 atom stereocenters. The number of rotatable bonds is 8. The van der Waals surface area contributed by atoms with Gasteiger partial charge in [-0.1, -0.05) is 49.3 Å². The molecule has 3 aromatic rings. The molecular weight excluding hydrogens is 479 g/mol. The lowest BCUT2D eigenvalue weighted by molar-refractivity contribution is 0.380. The summed E-state index contributed by atoms with van der Waals surface area (Å²) in [6.07, 6.45) is 3.51. The number of nitrogens with zero attached hydrogens (tertiary/aromatic N) is 3. The molecule has 0 radical (unpaired) electrons. The van der Waals surface area contributed by atoms with Gasteiger partial charge in [-0.15, -0.1) is 24.0 Å². The predicted octanol–water partition coefficient (Wildman–Crippen LogP) is 4.06. The topological polar surface area (TPSA) is 91.1 Å². The van der Waals surface area contributed by atoms with Crippen molar-refractivity contribution in [1.82, 2.24) is 25.8 Å². The summed E-state index contributed by atoms with van der Waals surface area (Å²) < 4.78 is 5.43.